The number of amides is 1. The van der Waals surface area contributed by atoms with Gasteiger partial charge in [-0.05, 0) is 42.0 Å². The largest absolute Gasteiger partial charge is 0.397 e. The third-order valence-electron chi connectivity index (χ3n) is 6.71. The van der Waals surface area contributed by atoms with Crippen molar-refractivity contribution in [2.75, 3.05) is 11.1 Å². The Balaban J connectivity index is 1.51. The van der Waals surface area contributed by atoms with E-state index in [1.165, 1.54) is 16.9 Å². The van der Waals surface area contributed by atoms with Crippen LogP contribution in [0.25, 0.3) is 43.4 Å². The Hall–Kier alpha value is -4.48. The van der Waals surface area contributed by atoms with Crippen LogP contribution in [0, 0.1) is 13.8 Å². The summed E-state index contributed by atoms with van der Waals surface area (Å²) in [7, 11) is 0. The van der Waals surface area contributed by atoms with Crippen LogP contribution in [-0.4, -0.2) is 10.9 Å². The molecule has 0 aliphatic carbocycles. The number of aromatic nitrogens is 1. The molecule has 0 aliphatic rings. The molecular weight excluding hydrogens is 474 g/mol. The highest BCUT2D eigenvalue weighted by atomic mass is 32.1. The fourth-order valence-electron chi connectivity index (χ4n) is 4.72. The van der Waals surface area contributed by atoms with Crippen LogP contribution in [0.15, 0.2) is 97.1 Å². The Morgan fingerprint density at radius 2 is 1.57 bits per heavy atom. The minimum Gasteiger partial charge on any atom is -0.397 e. The van der Waals surface area contributed by atoms with E-state index in [9.17, 15) is 4.79 Å². The molecule has 0 bridgehead atoms. The maximum atomic E-state index is 13.6. The lowest BCUT2D eigenvalue weighted by atomic mass is 9.99. The molecule has 6 aromatic rings. The third kappa shape index (κ3) is 4.13. The highest BCUT2D eigenvalue weighted by Gasteiger charge is 2.22. The molecule has 37 heavy (non-hydrogen) atoms. The minimum absolute atomic E-state index is 0.226. The Morgan fingerprint density at radius 1 is 0.838 bits per heavy atom. The molecule has 180 valence electrons. The highest BCUT2D eigenvalue weighted by Crippen LogP contribution is 2.42. The van der Waals surface area contributed by atoms with Crippen LogP contribution < -0.4 is 11.1 Å². The summed E-state index contributed by atoms with van der Waals surface area (Å²) in [5.41, 5.74) is 14.0. The zero-order valence-corrected chi connectivity index (χ0v) is 21.4. The molecule has 0 saturated carbocycles. The van der Waals surface area contributed by atoms with Crippen LogP contribution >= 0.6 is 11.3 Å². The number of nitrogens with zero attached hydrogens (tertiary/aromatic N) is 1. The number of benzene rings is 4. The molecule has 0 aliphatic heterocycles. The molecule has 3 N–H and O–H groups in total. The van der Waals surface area contributed by atoms with Crippen molar-refractivity contribution in [1.29, 1.82) is 0 Å². The first-order valence-electron chi connectivity index (χ1n) is 12.1. The zero-order chi connectivity index (χ0) is 25.5. The van der Waals surface area contributed by atoms with Gasteiger partial charge in [-0.1, -0.05) is 96.6 Å². The minimum atomic E-state index is -0.226. The lowest BCUT2D eigenvalue weighted by Crippen LogP contribution is -2.13. The van der Waals surface area contributed by atoms with E-state index in [4.69, 9.17) is 10.7 Å². The Labute approximate surface area is 219 Å². The SMILES string of the molecule is Cc1ccc(-c2cc(-c3ccccc3)c3c(N)c(C(=O)Nc4c(C)ccc5ccccc45)sc3n2)cc1. The fourth-order valence-corrected chi connectivity index (χ4v) is 5.74. The number of anilines is 2. The summed E-state index contributed by atoms with van der Waals surface area (Å²) in [5, 5.41) is 6.03. The van der Waals surface area contributed by atoms with Gasteiger partial charge in [-0.3, -0.25) is 4.79 Å². The number of nitrogen functional groups attached to an aromatic ring is 1. The number of nitrogens with two attached hydrogens (primary N) is 1. The molecule has 2 heterocycles. The number of carbonyl (C=O) groups is 1. The first-order valence-corrected chi connectivity index (χ1v) is 13.0. The predicted octanol–water partition coefficient (Wildman–Crippen LogP) is 8.23. The molecule has 0 unspecified atom stereocenters. The van der Waals surface area contributed by atoms with Crippen molar-refractivity contribution in [3.63, 3.8) is 0 Å². The van der Waals surface area contributed by atoms with Crippen LogP contribution in [0.1, 0.15) is 20.8 Å². The van der Waals surface area contributed by atoms with Gasteiger partial charge in [-0.2, -0.15) is 0 Å². The predicted molar refractivity (Wildman–Crippen MR) is 156 cm³/mol. The summed E-state index contributed by atoms with van der Waals surface area (Å²) in [6.07, 6.45) is 0. The van der Waals surface area contributed by atoms with Gasteiger partial charge in [-0.15, -0.1) is 11.3 Å². The third-order valence-corrected chi connectivity index (χ3v) is 7.81. The number of thiophene rings is 1. The van der Waals surface area contributed by atoms with Crippen molar-refractivity contribution in [3.05, 3.63) is 113 Å². The lowest BCUT2D eigenvalue weighted by Gasteiger charge is -2.12. The summed E-state index contributed by atoms with van der Waals surface area (Å²) in [6, 6.07) is 32.6. The van der Waals surface area contributed by atoms with E-state index in [2.05, 4.69) is 60.8 Å². The van der Waals surface area contributed by atoms with Crippen molar-refractivity contribution < 1.29 is 4.79 Å². The molecule has 4 aromatic carbocycles. The Bertz CT molecular complexity index is 1790. The van der Waals surface area contributed by atoms with Crippen molar-refractivity contribution >= 4 is 49.6 Å². The van der Waals surface area contributed by atoms with Crippen LogP contribution in [0.2, 0.25) is 0 Å². The van der Waals surface area contributed by atoms with Crippen molar-refractivity contribution in [1.82, 2.24) is 4.98 Å². The smallest absolute Gasteiger partial charge is 0.267 e. The van der Waals surface area contributed by atoms with Gasteiger partial charge in [0.25, 0.3) is 5.91 Å². The maximum Gasteiger partial charge on any atom is 0.267 e. The van der Waals surface area contributed by atoms with Gasteiger partial charge >= 0.3 is 0 Å². The van der Waals surface area contributed by atoms with Gasteiger partial charge < -0.3 is 11.1 Å². The first-order chi connectivity index (χ1) is 18.0. The average molecular weight is 500 g/mol. The van der Waals surface area contributed by atoms with Gasteiger partial charge in [0, 0.05) is 16.3 Å². The number of carbonyl (C=O) groups excluding carboxylic acids is 1. The standard InChI is InChI=1S/C32H25N3OS/c1-19-12-15-23(16-13-19)26-18-25(21-8-4-3-5-9-21)27-28(33)30(37-32(27)34-26)31(36)35-29-20(2)14-17-22-10-6-7-11-24(22)29/h3-18H,33H2,1-2H3,(H,35,36). The molecule has 6 rings (SSSR count). The molecule has 5 heteroatoms. The second-order valence-corrected chi connectivity index (χ2v) is 10.2. The summed E-state index contributed by atoms with van der Waals surface area (Å²) in [6.45, 7) is 4.07. The molecule has 0 spiro atoms. The number of rotatable bonds is 4. The molecule has 0 radical (unpaired) electrons. The van der Waals surface area contributed by atoms with E-state index < -0.39 is 0 Å². The first kappa shape index (κ1) is 23.0. The van der Waals surface area contributed by atoms with Crippen LogP contribution in [0.4, 0.5) is 11.4 Å². The number of fused-ring (bicyclic) bond motifs is 2. The molecule has 4 nitrogen and oxygen atoms in total. The number of hydrogen-bond acceptors (Lipinski definition) is 4. The van der Waals surface area contributed by atoms with Gasteiger partial charge in [0.05, 0.1) is 17.1 Å². The number of aryl methyl sites for hydroxylation is 2. The van der Waals surface area contributed by atoms with E-state index in [0.717, 1.165) is 54.6 Å². The van der Waals surface area contributed by atoms with Gasteiger partial charge in [0.1, 0.15) is 9.71 Å². The van der Waals surface area contributed by atoms with Crippen molar-refractivity contribution in [2.24, 2.45) is 0 Å². The number of pyridine rings is 1. The van der Waals surface area contributed by atoms with E-state index in [1.807, 2.05) is 55.5 Å². The van der Waals surface area contributed by atoms with Crippen LogP contribution in [-0.2, 0) is 0 Å². The summed E-state index contributed by atoms with van der Waals surface area (Å²) in [4.78, 5) is 19.8. The second-order valence-electron chi connectivity index (χ2n) is 9.24. The quantitative estimate of drug-likeness (QED) is 0.257. The van der Waals surface area contributed by atoms with E-state index in [1.54, 1.807) is 0 Å². The topological polar surface area (TPSA) is 68.0 Å². The molecule has 0 saturated heterocycles. The Morgan fingerprint density at radius 3 is 2.35 bits per heavy atom. The van der Waals surface area contributed by atoms with Gasteiger partial charge in [0.15, 0.2) is 0 Å². The van der Waals surface area contributed by atoms with E-state index in [0.29, 0.717) is 10.6 Å². The summed E-state index contributed by atoms with van der Waals surface area (Å²) < 4.78 is 0. The van der Waals surface area contributed by atoms with E-state index >= 15 is 0 Å². The molecule has 0 atom stereocenters. The Kier molecular flexibility index (Phi) is 5.70. The molecule has 1 amide bonds. The lowest BCUT2D eigenvalue weighted by molar-refractivity contribution is 0.103. The number of nitrogens with one attached hydrogen (secondary N) is 1. The second kappa shape index (κ2) is 9.19. The average Bonchev–Trinajstić information content (AvgIpc) is 3.27. The van der Waals surface area contributed by atoms with Crippen molar-refractivity contribution in [3.8, 4) is 22.4 Å². The monoisotopic (exact) mass is 499 g/mol. The molecular formula is C32H25N3OS. The number of hydrogen-bond donors (Lipinski definition) is 2. The normalized spacial score (nSPS) is 11.2. The fraction of sp³-hybridized carbons (Fsp3) is 0.0625. The summed E-state index contributed by atoms with van der Waals surface area (Å²) in [5.74, 6) is -0.226. The maximum absolute atomic E-state index is 13.6. The van der Waals surface area contributed by atoms with Gasteiger partial charge in [0.2, 0.25) is 0 Å². The van der Waals surface area contributed by atoms with E-state index in [-0.39, 0.29) is 5.91 Å². The molecule has 2 aromatic heterocycles. The van der Waals surface area contributed by atoms with Crippen molar-refractivity contribution in [2.45, 2.75) is 13.8 Å². The van der Waals surface area contributed by atoms with Gasteiger partial charge in [-0.25, -0.2) is 4.98 Å². The van der Waals surface area contributed by atoms with Crippen LogP contribution in [0.3, 0.4) is 0 Å². The molecule has 0 fully saturated rings. The highest BCUT2D eigenvalue weighted by molar-refractivity contribution is 7.21. The zero-order valence-electron chi connectivity index (χ0n) is 20.6. The van der Waals surface area contributed by atoms with Crippen LogP contribution in [0.5, 0.6) is 0 Å². The summed E-state index contributed by atoms with van der Waals surface area (Å²) >= 11 is 1.34.